The van der Waals surface area contributed by atoms with E-state index in [9.17, 15) is 5.26 Å². The Morgan fingerprint density at radius 2 is 1.79 bits per heavy atom. The Bertz CT molecular complexity index is 527. The van der Waals surface area contributed by atoms with Crippen molar-refractivity contribution in [3.8, 4) is 6.07 Å². The number of hydrogen-bond acceptors (Lipinski definition) is 2. The van der Waals surface area contributed by atoms with Gasteiger partial charge in [0.25, 0.3) is 0 Å². The molecule has 1 saturated carbocycles. The van der Waals surface area contributed by atoms with Crippen LogP contribution in [0, 0.1) is 30.6 Å². The fraction of sp³-hybridized carbons (Fsp3) is 0.588. The summed E-state index contributed by atoms with van der Waals surface area (Å²) in [5.74, 6) is 0. The number of ether oxygens (including phenoxy) is 1. The largest absolute Gasteiger partial charge is 0.381 e. The van der Waals surface area contributed by atoms with E-state index in [1.165, 1.54) is 16.7 Å². The summed E-state index contributed by atoms with van der Waals surface area (Å²) in [6.45, 7) is 5.99. The molecule has 0 radical (unpaired) electrons. The second-order valence-corrected chi connectivity index (χ2v) is 6.46. The minimum atomic E-state index is -0.240. The van der Waals surface area contributed by atoms with Gasteiger partial charge in [-0.05, 0) is 61.6 Å². The molecule has 1 saturated heterocycles. The van der Waals surface area contributed by atoms with Gasteiger partial charge < -0.3 is 4.74 Å². The van der Waals surface area contributed by atoms with Gasteiger partial charge in [0.2, 0.25) is 0 Å². The van der Waals surface area contributed by atoms with Gasteiger partial charge >= 0.3 is 0 Å². The number of benzene rings is 1. The summed E-state index contributed by atoms with van der Waals surface area (Å²) in [6.07, 6.45) is 4.28. The first-order valence-electron chi connectivity index (χ1n) is 7.16. The highest BCUT2D eigenvalue weighted by Gasteiger charge is 2.55. The maximum absolute atomic E-state index is 9.68. The lowest BCUT2D eigenvalue weighted by Gasteiger charge is -2.55. The van der Waals surface area contributed by atoms with Crippen molar-refractivity contribution in [3.05, 3.63) is 34.9 Å². The minimum absolute atomic E-state index is 0.240. The number of nitrogens with zero attached hydrogens (tertiary/aromatic N) is 1. The van der Waals surface area contributed by atoms with Gasteiger partial charge in [-0.3, -0.25) is 0 Å². The van der Waals surface area contributed by atoms with Gasteiger partial charge in [-0.15, -0.1) is 0 Å². The van der Waals surface area contributed by atoms with Crippen LogP contribution < -0.4 is 0 Å². The van der Waals surface area contributed by atoms with E-state index in [1.807, 2.05) is 0 Å². The molecule has 100 valence electrons. The van der Waals surface area contributed by atoms with Gasteiger partial charge in [0.1, 0.15) is 0 Å². The highest BCUT2D eigenvalue weighted by Crippen LogP contribution is 2.60. The van der Waals surface area contributed by atoms with Crippen LogP contribution in [-0.2, 0) is 10.2 Å². The van der Waals surface area contributed by atoms with Gasteiger partial charge in [0.15, 0.2) is 0 Å². The molecule has 2 heteroatoms. The topological polar surface area (TPSA) is 33.0 Å². The van der Waals surface area contributed by atoms with Crippen LogP contribution in [0.2, 0.25) is 0 Å². The van der Waals surface area contributed by atoms with Crippen molar-refractivity contribution < 1.29 is 4.74 Å². The summed E-state index contributed by atoms with van der Waals surface area (Å²) in [5.41, 5.74) is 3.95. The first-order valence-corrected chi connectivity index (χ1v) is 7.16. The molecule has 1 spiro atoms. The lowest BCUT2D eigenvalue weighted by atomic mass is 9.48. The summed E-state index contributed by atoms with van der Waals surface area (Å²) in [6, 6.07) is 9.12. The van der Waals surface area contributed by atoms with Crippen LogP contribution in [-0.4, -0.2) is 13.2 Å². The summed E-state index contributed by atoms with van der Waals surface area (Å²) < 4.78 is 5.46. The summed E-state index contributed by atoms with van der Waals surface area (Å²) in [4.78, 5) is 0. The van der Waals surface area contributed by atoms with E-state index in [-0.39, 0.29) is 5.41 Å². The van der Waals surface area contributed by atoms with Crippen molar-refractivity contribution in [2.75, 3.05) is 13.2 Å². The molecule has 1 heterocycles. The van der Waals surface area contributed by atoms with Gasteiger partial charge in [-0.2, -0.15) is 5.26 Å². The number of rotatable bonds is 1. The molecule has 1 aliphatic carbocycles. The second-order valence-electron chi connectivity index (χ2n) is 6.46. The SMILES string of the molecule is Cc1ccc(C2(C#N)CC3(CCOCC3)C2)cc1C. The fourth-order valence-electron chi connectivity index (χ4n) is 3.77. The van der Waals surface area contributed by atoms with Crippen molar-refractivity contribution in [3.63, 3.8) is 0 Å². The molecule has 2 fully saturated rings. The van der Waals surface area contributed by atoms with Crippen LogP contribution in [0.4, 0.5) is 0 Å². The average Bonchev–Trinajstić information content (AvgIpc) is 2.40. The Labute approximate surface area is 115 Å². The molecule has 0 unspecified atom stereocenters. The molecule has 2 nitrogen and oxygen atoms in total. The van der Waals surface area contributed by atoms with Gasteiger partial charge in [-0.25, -0.2) is 0 Å². The lowest BCUT2D eigenvalue weighted by Crippen LogP contribution is -2.51. The van der Waals surface area contributed by atoms with Crippen molar-refractivity contribution in [1.82, 2.24) is 0 Å². The Kier molecular flexibility index (Phi) is 2.91. The van der Waals surface area contributed by atoms with Crippen LogP contribution in [0.25, 0.3) is 0 Å². The maximum Gasteiger partial charge on any atom is 0.0833 e. The molecule has 2 aliphatic rings. The number of hydrogen-bond donors (Lipinski definition) is 0. The first-order chi connectivity index (χ1) is 9.09. The molecule has 1 aliphatic heterocycles. The van der Waals surface area contributed by atoms with Crippen molar-refractivity contribution in [2.45, 2.75) is 44.9 Å². The second kappa shape index (κ2) is 4.35. The smallest absolute Gasteiger partial charge is 0.0833 e. The van der Waals surface area contributed by atoms with Crippen LogP contribution in [0.3, 0.4) is 0 Å². The van der Waals surface area contributed by atoms with Gasteiger partial charge in [-0.1, -0.05) is 18.2 Å². The molecule has 0 aromatic heterocycles. The summed E-state index contributed by atoms with van der Waals surface area (Å²) in [7, 11) is 0. The molecule has 1 aromatic rings. The first kappa shape index (κ1) is 12.7. The van der Waals surface area contributed by atoms with Crippen LogP contribution >= 0.6 is 0 Å². The third-order valence-electron chi connectivity index (χ3n) is 5.18. The third kappa shape index (κ3) is 1.97. The summed E-state index contributed by atoms with van der Waals surface area (Å²) >= 11 is 0. The lowest BCUT2D eigenvalue weighted by molar-refractivity contribution is -0.0578. The van der Waals surface area contributed by atoms with Crippen molar-refractivity contribution in [2.24, 2.45) is 5.41 Å². The van der Waals surface area contributed by atoms with E-state index < -0.39 is 0 Å². The molecule has 1 aromatic carbocycles. The normalized spacial score (nSPS) is 23.6. The zero-order chi connectivity index (χ0) is 13.5. The average molecular weight is 255 g/mol. The molecule has 3 rings (SSSR count). The van der Waals surface area contributed by atoms with E-state index in [1.54, 1.807) is 0 Å². The van der Waals surface area contributed by atoms with E-state index in [4.69, 9.17) is 4.74 Å². The summed E-state index contributed by atoms with van der Waals surface area (Å²) in [5, 5.41) is 9.68. The van der Waals surface area contributed by atoms with E-state index in [2.05, 4.69) is 38.1 Å². The Hall–Kier alpha value is -1.33. The van der Waals surface area contributed by atoms with Gasteiger partial charge in [0.05, 0.1) is 11.5 Å². The van der Waals surface area contributed by atoms with Crippen LogP contribution in [0.5, 0.6) is 0 Å². The zero-order valence-corrected chi connectivity index (χ0v) is 11.8. The Balaban J connectivity index is 1.86. The van der Waals surface area contributed by atoms with Crippen LogP contribution in [0.1, 0.15) is 42.4 Å². The van der Waals surface area contributed by atoms with Crippen molar-refractivity contribution >= 4 is 0 Å². The van der Waals surface area contributed by atoms with Crippen molar-refractivity contribution in [1.29, 1.82) is 5.26 Å². The van der Waals surface area contributed by atoms with Gasteiger partial charge in [0, 0.05) is 13.2 Å². The highest BCUT2D eigenvalue weighted by atomic mass is 16.5. The molecule has 0 bridgehead atoms. The quantitative estimate of drug-likeness (QED) is 0.767. The predicted octanol–water partition coefficient (Wildman–Crippen LogP) is 3.66. The standard InChI is InChI=1S/C17H21NO/c1-13-3-4-15(9-14(13)2)17(12-18)10-16(11-17)5-7-19-8-6-16/h3-4,9H,5-8,10-11H2,1-2H3. The molecule has 0 N–H and O–H groups in total. The molecule has 19 heavy (non-hydrogen) atoms. The van der Waals surface area contributed by atoms with E-state index in [0.29, 0.717) is 5.41 Å². The molecular formula is C17H21NO. The van der Waals surface area contributed by atoms with E-state index >= 15 is 0 Å². The zero-order valence-electron chi connectivity index (χ0n) is 11.8. The minimum Gasteiger partial charge on any atom is -0.381 e. The maximum atomic E-state index is 9.68. The Morgan fingerprint density at radius 1 is 1.11 bits per heavy atom. The molecular weight excluding hydrogens is 234 g/mol. The number of nitriles is 1. The molecule has 0 amide bonds. The predicted molar refractivity (Wildman–Crippen MR) is 74.9 cm³/mol. The fourth-order valence-corrected chi connectivity index (χ4v) is 3.77. The highest BCUT2D eigenvalue weighted by molar-refractivity contribution is 5.42. The molecule has 0 atom stereocenters. The monoisotopic (exact) mass is 255 g/mol. The third-order valence-corrected chi connectivity index (χ3v) is 5.18. The van der Waals surface area contributed by atoms with Crippen LogP contribution in [0.15, 0.2) is 18.2 Å². The number of aryl methyl sites for hydroxylation is 2. The Morgan fingerprint density at radius 3 is 2.37 bits per heavy atom. The van der Waals surface area contributed by atoms with E-state index in [0.717, 1.165) is 38.9 Å².